The van der Waals surface area contributed by atoms with Gasteiger partial charge in [0.05, 0.1) is 38.4 Å². The number of carbonyl (C=O) groups excluding carboxylic acids is 1. The van der Waals surface area contributed by atoms with Crippen LogP contribution in [0.1, 0.15) is 61.3 Å². The van der Waals surface area contributed by atoms with Crippen molar-refractivity contribution >= 4 is 29.9 Å². The summed E-state index contributed by atoms with van der Waals surface area (Å²) in [5, 5.41) is 8.89. The van der Waals surface area contributed by atoms with Crippen LogP contribution in [0.5, 0.6) is 0 Å². The lowest BCUT2D eigenvalue weighted by molar-refractivity contribution is -0.156. The van der Waals surface area contributed by atoms with Gasteiger partial charge in [-0.2, -0.15) is 5.26 Å². The summed E-state index contributed by atoms with van der Waals surface area (Å²) in [6.07, 6.45) is -3.16. The number of nitriles is 1. The molecule has 0 N–H and O–H groups in total. The van der Waals surface area contributed by atoms with Crippen molar-refractivity contribution in [3.8, 4) is 6.07 Å². The monoisotopic (exact) mass is 538 g/mol. The van der Waals surface area contributed by atoms with E-state index in [1.54, 1.807) is 13.8 Å². The molecule has 3 unspecified atom stereocenters. The smallest absolute Gasteiger partial charge is 0.368 e. The van der Waals surface area contributed by atoms with Crippen molar-refractivity contribution < 1.29 is 41.3 Å². The Hall–Kier alpha value is -0.625. The van der Waals surface area contributed by atoms with Crippen molar-refractivity contribution in [2.75, 3.05) is 19.8 Å². The van der Waals surface area contributed by atoms with E-state index in [1.807, 2.05) is 38.4 Å². The Morgan fingerprint density at radius 3 is 2.29 bits per heavy atom. The molecule has 0 amide bonds. The third kappa shape index (κ3) is 9.64. The van der Waals surface area contributed by atoms with E-state index in [1.165, 1.54) is 0 Å². The molecule has 1 aliphatic heterocycles. The molecule has 10 nitrogen and oxygen atoms in total. The number of nitrogens with zero attached hydrogens (tertiary/aromatic N) is 2. The van der Waals surface area contributed by atoms with Gasteiger partial charge < -0.3 is 27.6 Å². The summed E-state index contributed by atoms with van der Waals surface area (Å²) in [5.41, 5.74) is 0. The van der Waals surface area contributed by atoms with Crippen LogP contribution in [-0.4, -0.2) is 80.6 Å². The molecule has 200 valence electrons. The topological polar surface area (TPSA) is 117 Å². The number of rotatable bonds is 16. The number of esters is 1. The fourth-order valence-corrected chi connectivity index (χ4v) is 7.09. The quantitative estimate of drug-likeness (QED) is 0.121. The second-order valence-electron chi connectivity index (χ2n) is 8.39. The van der Waals surface area contributed by atoms with E-state index in [0.717, 1.165) is 6.92 Å². The molecule has 0 saturated carbocycles. The zero-order valence-electron chi connectivity index (χ0n) is 21.6. The van der Waals surface area contributed by atoms with E-state index in [0.29, 0.717) is 0 Å². The zero-order chi connectivity index (χ0) is 26.8. The molecule has 0 aromatic carbocycles. The molecule has 1 rings (SSSR count). The molecule has 0 aromatic rings. The molecule has 0 spiro atoms. The molecule has 6 atom stereocenters. The first-order chi connectivity index (χ1) is 16.4. The lowest BCUT2D eigenvalue weighted by Crippen LogP contribution is -2.39. The maximum absolute atomic E-state index is 15.6. The van der Waals surface area contributed by atoms with Crippen molar-refractivity contribution in [3.05, 3.63) is 0 Å². The Labute approximate surface area is 211 Å². The zero-order valence-corrected chi connectivity index (χ0v) is 23.4. The molecule has 1 saturated heterocycles. The molecule has 1 fully saturated rings. The van der Waals surface area contributed by atoms with Crippen LogP contribution in [0.2, 0.25) is 0 Å². The van der Waals surface area contributed by atoms with Crippen LogP contribution in [0.4, 0.5) is 4.39 Å². The molecule has 1 heterocycles. The Kier molecular flexibility index (Phi) is 14.4. The van der Waals surface area contributed by atoms with Crippen LogP contribution < -0.4 is 0 Å². The third-order valence-corrected chi connectivity index (χ3v) is 9.20. The molecule has 0 aromatic heterocycles. The van der Waals surface area contributed by atoms with Gasteiger partial charge in [0.25, 0.3) is 8.53 Å². The molecular weight excluding hydrogens is 500 g/mol. The van der Waals surface area contributed by atoms with Gasteiger partial charge in [0.1, 0.15) is 14.0 Å². The fourth-order valence-electron chi connectivity index (χ4n) is 3.65. The number of alkyl halides is 1. The minimum Gasteiger partial charge on any atom is -0.456 e. The van der Waals surface area contributed by atoms with Gasteiger partial charge in [-0.05, 0) is 41.5 Å². The summed E-state index contributed by atoms with van der Waals surface area (Å²) in [5.74, 6) is -3.08. The fraction of sp³-hybridized carbons (Fsp3) is 0.905. The highest BCUT2D eigenvalue weighted by atomic mass is 31.2. The van der Waals surface area contributed by atoms with Crippen LogP contribution in [0.3, 0.4) is 0 Å². The van der Waals surface area contributed by atoms with Crippen LogP contribution in [-0.2, 0) is 36.9 Å². The lowest BCUT2D eigenvalue weighted by atomic mass is 9.94. The standard InChI is InChI=1S/C21H38BFN2O8P2/c1-8-29-35(27,30-9-2)21(23)19(31-16(7)26)17-13-18(20(22)32-17)33-34(28-12-10-11-24)25(14(3)4)15(5)6/h14-15,17-21H,8-10,12-13H2,1-7H3/t17-,18-,19?,20+,21?,34?/m0/s1. The predicted molar refractivity (Wildman–Crippen MR) is 130 cm³/mol. The van der Waals surface area contributed by atoms with Gasteiger partial charge in [-0.15, -0.1) is 0 Å². The highest BCUT2D eigenvalue weighted by molar-refractivity contribution is 7.54. The summed E-state index contributed by atoms with van der Waals surface area (Å²) >= 11 is 0. The van der Waals surface area contributed by atoms with Crippen LogP contribution >= 0.6 is 16.1 Å². The maximum Gasteiger partial charge on any atom is 0.368 e. The van der Waals surface area contributed by atoms with Crippen molar-refractivity contribution in [1.82, 2.24) is 4.67 Å². The Bertz CT molecular complexity index is 727. The van der Waals surface area contributed by atoms with E-state index in [4.69, 9.17) is 40.7 Å². The van der Waals surface area contributed by atoms with Crippen molar-refractivity contribution in [2.24, 2.45) is 0 Å². The van der Waals surface area contributed by atoms with Gasteiger partial charge in [-0.25, -0.2) is 9.06 Å². The Morgan fingerprint density at radius 2 is 1.83 bits per heavy atom. The normalized spacial score (nSPS) is 23.4. The van der Waals surface area contributed by atoms with Crippen LogP contribution in [0.15, 0.2) is 0 Å². The van der Waals surface area contributed by atoms with Crippen LogP contribution in [0.25, 0.3) is 0 Å². The number of carbonyl (C=O) groups is 1. The van der Waals surface area contributed by atoms with Crippen LogP contribution in [0, 0.1) is 11.3 Å². The SMILES string of the molecule is [B][C@@H]1O[C@H](C(OC(C)=O)C(F)P(=O)(OCC)OCC)C[C@@H]1OP(OCCC#N)N(C(C)C)C(C)C. The van der Waals surface area contributed by atoms with Crippen molar-refractivity contribution in [1.29, 1.82) is 5.26 Å². The van der Waals surface area contributed by atoms with Crippen molar-refractivity contribution in [3.63, 3.8) is 0 Å². The Balaban J connectivity index is 3.14. The van der Waals surface area contributed by atoms with Gasteiger partial charge in [0.2, 0.25) is 5.91 Å². The van der Waals surface area contributed by atoms with Gasteiger partial charge in [-0.3, -0.25) is 9.36 Å². The predicted octanol–water partition coefficient (Wildman–Crippen LogP) is 4.42. The first-order valence-electron chi connectivity index (χ1n) is 11.8. The van der Waals surface area contributed by atoms with Gasteiger partial charge in [0.15, 0.2) is 6.10 Å². The Morgan fingerprint density at radius 1 is 1.26 bits per heavy atom. The van der Waals surface area contributed by atoms with E-state index < -0.39 is 52.3 Å². The van der Waals surface area contributed by atoms with Gasteiger partial charge >= 0.3 is 13.6 Å². The highest BCUT2D eigenvalue weighted by Crippen LogP contribution is 2.57. The average Bonchev–Trinajstić information content (AvgIpc) is 3.11. The number of halogens is 1. The summed E-state index contributed by atoms with van der Waals surface area (Å²) in [6.45, 7) is 12.2. The van der Waals surface area contributed by atoms with Gasteiger partial charge in [0, 0.05) is 31.4 Å². The highest BCUT2D eigenvalue weighted by Gasteiger charge is 2.51. The molecule has 35 heavy (non-hydrogen) atoms. The van der Waals surface area contributed by atoms with E-state index in [2.05, 4.69) is 0 Å². The second-order valence-corrected chi connectivity index (χ2v) is 11.9. The average molecular weight is 538 g/mol. The van der Waals surface area contributed by atoms with Gasteiger partial charge in [-0.1, -0.05) is 0 Å². The molecule has 1 aliphatic rings. The second kappa shape index (κ2) is 15.6. The third-order valence-electron chi connectivity index (χ3n) is 4.91. The summed E-state index contributed by atoms with van der Waals surface area (Å²) in [4.78, 5) is 11.8. The molecule has 0 bridgehead atoms. The first kappa shape index (κ1) is 32.4. The van der Waals surface area contributed by atoms with E-state index in [-0.39, 0.29) is 44.7 Å². The van der Waals surface area contributed by atoms with E-state index >= 15 is 4.39 Å². The number of hydrogen-bond acceptors (Lipinski definition) is 10. The summed E-state index contributed by atoms with van der Waals surface area (Å²) in [7, 11) is 0.255. The molecule has 14 heteroatoms. The maximum atomic E-state index is 15.6. The minimum atomic E-state index is -4.27. The van der Waals surface area contributed by atoms with E-state index in [9.17, 15) is 9.36 Å². The van der Waals surface area contributed by atoms with Crippen molar-refractivity contribution in [2.45, 2.75) is 104 Å². The molecular formula is C21H38BFN2O8P2. The summed E-state index contributed by atoms with van der Waals surface area (Å²) in [6, 6.07) is 1.16. The number of ether oxygens (including phenoxy) is 2. The lowest BCUT2D eigenvalue weighted by Gasteiger charge is -2.37. The molecule has 2 radical (unpaired) electrons. The number of hydrogen-bond donors (Lipinski definition) is 0. The minimum absolute atomic E-state index is 0.0439. The first-order valence-corrected chi connectivity index (χ1v) is 14.5. The molecule has 0 aliphatic carbocycles. The largest absolute Gasteiger partial charge is 0.456 e. The summed E-state index contributed by atoms with van der Waals surface area (Å²) < 4.78 is 63.9.